The molecule has 0 spiro atoms. The average molecular weight is 409 g/mol. The van der Waals surface area contributed by atoms with Crippen LogP contribution in [-0.4, -0.2) is 35.5 Å². The van der Waals surface area contributed by atoms with Gasteiger partial charge in [-0.05, 0) is 61.2 Å². The molecule has 1 amide bonds. The van der Waals surface area contributed by atoms with Crippen LogP contribution in [0.2, 0.25) is 0 Å². The summed E-state index contributed by atoms with van der Waals surface area (Å²) in [6.07, 6.45) is 3.21. The molecule has 0 saturated carbocycles. The van der Waals surface area contributed by atoms with Crippen LogP contribution in [0, 0.1) is 0 Å². The van der Waals surface area contributed by atoms with E-state index >= 15 is 0 Å². The third kappa shape index (κ3) is 6.09. The first-order valence-corrected chi connectivity index (χ1v) is 9.88. The second kappa shape index (κ2) is 9.93. The van der Waals surface area contributed by atoms with Crippen molar-refractivity contribution in [2.45, 2.75) is 25.9 Å². The standard InChI is InChI=1S/C23H28N4O3/c1-16(15-29-3)30-21-13-18(8-7-17-5-4-6-20(24)12-17)11-19(14-21)23(28)25-22-9-10-27(2)26-22/h4-6,9-14,16H,7-8,15,24H2,1-3H3,(H,25,26,28)/t16-/m0/s1. The number of aromatic nitrogens is 2. The van der Waals surface area contributed by atoms with Crippen LogP contribution in [-0.2, 0) is 24.6 Å². The molecule has 3 rings (SSSR count). The Kier molecular flexibility index (Phi) is 7.08. The Morgan fingerprint density at radius 3 is 2.67 bits per heavy atom. The zero-order valence-electron chi connectivity index (χ0n) is 17.6. The minimum absolute atomic E-state index is 0.133. The highest BCUT2D eigenvalue weighted by Gasteiger charge is 2.13. The topological polar surface area (TPSA) is 91.4 Å². The van der Waals surface area contributed by atoms with Gasteiger partial charge in [0.1, 0.15) is 11.9 Å². The van der Waals surface area contributed by atoms with Crippen LogP contribution in [0.25, 0.3) is 0 Å². The van der Waals surface area contributed by atoms with Gasteiger partial charge in [0.05, 0.1) is 6.61 Å². The van der Waals surface area contributed by atoms with Gasteiger partial charge in [-0.25, -0.2) is 0 Å². The molecule has 0 aliphatic carbocycles. The van der Waals surface area contributed by atoms with Crippen molar-refractivity contribution in [2.75, 3.05) is 24.8 Å². The molecule has 158 valence electrons. The summed E-state index contributed by atoms with van der Waals surface area (Å²) in [4.78, 5) is 12.8. The van der Waals surface area contributed by atoms with Crippen molar-refractivity contribution in [3.63, 3.8) is 0 Å². The van der Waals surface area contributed by atoms with Crippen molar-refractivity contribution >= 4 is 17.4 Å². The monoisotopic (exact) mass is 408 g/mol. The molecule has 3 N–H and O–H groups in total. The number of rotatable bonds is 9. The second-order valence-corrected chi connectivity index (χ2v) is 7.32. The van der Waals surface area contributed by atoms with E-state index in [9.17, 15) is 4.79 Å². The van der Waals surface area contributed by atoms with E-state index < -0.39 is 0 Å². The molecule has 0 bridgehead atoms. The maximum Gasteiger partial charge on any atom is 0.257 e. The molecule has 0 unspecified atom stereocenters. The molecule has 1 atom stereocenters. The quantitative estimate of drug-likeness (QED) is 0.529. The number of ether oxygens (including phenoxy) is 2. The average Bonchev–Trinajstić information content (AvgIpc) is 3.11. The van der Waals surface area contributed by atoms with Gasteiger partial charge in [0.15, 0.2) is 5.82 Å². The molecule has 0 radical (unpaired) electrons. The number of carbonyl (C=O) groups is 1. The zero-order chi connectivity index (χ0) is 21.5. The van der Waals surface area contributed by atoms with E-state index in [1.165, 1.54) is 0 Å². The zero-order valence-corrected chi connectivity index (χ0v) is 17.6. The smallest absolute Gasteiger partial charge is 0.257 e. The van der Waals surface area contributed by atoms with Crippen LogP contribution < -0.4 is 15.8 Å². The van der Waals surface area contributed by atoms with E-state index in [0.29, 0.717) is 23.7 Å². The van der Waals surface area contributed by atoms with E-state index in [-0.39, 0.29) is 12.0 Å². The third-order valence-electron chi connectivity index (χ3n) is 4.58. The summed E-state index contributed by atoms with van der Waals surface area (Å²) < 4.78 is 12.8. The number of nitrogen functional groups attached to an aromatic ring is 1. The number of methoxy groups -OCH3 is 1. The molecule has 0 saturated heterocycles. The van der Waals surface area contributed by atoms with Gasteiger partial charge in [0.2, 0.25) is 0 Å². The summed E-state index contributed by atoms with van der Waals surface area (Å²) in [6.45, 7) is 2.39. The molecule has 3 aromatic rings. The highest BCUT2D eigenvalue weighted by Crippen LogP contribution is 2.22. The minimum atomic E-state index is -0.233. The van der Waals surface area contributed by atoms with Crippen molar-refractivity contribution in [1.29, 1.82) is 0 Å². The Morgan fingerprint density at radius 2 is 1.97 bits per heavy atom. The SMILES string of the molecule is COC[C@H](C)Oc1cc(CCc2cccc(N)c2)cc(C(=O)Nc2ccn(C)n2)c1. The maximum absolute atomic E-state index is 12.8. The van der Waals surface area contributed by atoms with Gasteiger partial charge in [-0.15, -0.1) is 0 Å². The lowest BCUT2D eigenvalue weighted by Gasteiger charge is -2.16. The molecule has 7 nitrogen and oxygen atoms in total. The van der Waals surface area contributed by atoms with E-state index in [1.807, 2.05) is 43.3 Å². The Balaban J connectivity index is 1.80. The number of hydrogen-bond donors (Lipinski definition) is 2. The van der Waals surface area contributed by atoms with Crippen LogP contribution in [0.1, 0.15) is 28.4 Å². The van der Waals surface area contributed by atoms with E-state index in [4.69, 9.17) is 15.2 Å². The Bertz CT molecular complexity index is 1000. The summed E-state index contributed by atoms with van der Waals surface area (Å²) in [7, 11) is 3.43. The Morgan fingerprint density at radius 1 is 1.17 bits per heavy atom. The summed E-state index contributed by atoms with van der Waals surface area (Å²) >= 11 is 0. The van der Waals surface area contributed by atoms with Crippen LogP contribution >= 0.6 is 0 Å². The number of benzene rings is 2. The van der Waals surface area contributed by atoms with Crippen LogP contribution in [0.5, 0.6) is 5.75 Å². The molecular weight excluding hydrogens is 380 g/mol. The largest absolute Gasteiger partial charge is 0.488 e. The summed E-state index contributed by atoms with van der Waals surface area (Å²) in [5.74, 6) is 0.905. The first-order chi connectivity index (χ1) is 14.4. The van der Waals surface area contributed by atoms with Crippen LogP contribution in [0.3, 0.4) is 0 Å². The van der Waals surface area contributed by atoms with Gasteiger partial charge < -0.3 is 20.5 Å². The summed E-state index contributed by atoms with van der Waals surface area (Å²) in [5, 5.41) is 7.03. The number of nitrogens with one attached hydrogen (secondary N) is 1. The third-order valence-corrected chi connectivity index (χ3v) is 4.58. The van der Waals surface area contributed by atoms with Crippen LogP contribution in [0.15, 0.2) is 54.7 Å². The van der Waals surface area contributed by atoms with E-state index in [1.54, 1.807) is 37.2 Å². The van der Waals surface area contributed by atoms with Crippen molar-refractivity contribution in [1.82, 2.24) is 9.78 Å². The fourth-order valence-electron chi connectivity index (χ4n) is 3.21. The van der Waals surface area contributed by atoms with Gasteiger partial charge in [-0.1, -0.05) is 12.1 Å². The van der Waals surface area contributed by atoms with E-state index in [2.05, 4.69) is 10.4 Å². The number of hydrogen-bond acceptors (Lipinski definition) is 5. The number of nitrogens with two attached hydrogens (primary N) is 1. The molecule has 0 aliphatic rings. The predicted octanol–water partition coefficient (Wildman–Crippen LogP) is 3.45. The number of aryl methyl sites for hydroxylation is 3. The van der Waals surface area contributed by atoms with E-state index in [0.717, 1.165) is 29.7 Å². The van der Waals surface area contributed by atoms with Crippen LogP contribution in [0.4, 0.5) is 11.5 Å². The highest BCUT2D eigenvalue weighted by molar-refractivity contribution is 6.04. The van der Waals surface area contributed by atoms with Gasteiger partial charge in [-0.3, -0.25) is 9.48 Å². The Hall–Kier alpha value is -3.32. The van der Waals surface area contributed by atoms with Crippen molar-refractivity contribution in [3.05, 3.63) is 71.4 Å². The molecular formula is C23H28N4O3. The first-order valence-electron chi connectivity index (χ1n) is 9.88. The maximum atomic E-state index is 12.8. The summed E-state index contributed by atoms with van der Waals surface area (Å²) in [6, 6.07) is 15.2. The lowest BCUT2D eigenvalue weighted by atomic mass is 10.0. The molecule has 2 aromatic carbocycles. The molecule has 1 heterocycles. The number of nitrogens with zero attached hydrogens (tertiary/aromatic N) is 2. The molecule has 7 heteroatoms. The molecule has 0 aliphatic heterocycles. The van der Waals surface area contributed by atoms with Crippen molar-refractivity contribution < 1.29 is 14.3 Å². The lowest BCUT2D eigenvalue weighted by molar-refractivity contribution is 0.0916. The van der Waals surface area contributed by atoms with Gasteiger partial charge in [-0.2, -0.15) is 5.10 Å². The fourth-order valence-corrected chi connectivity index (χ4v) is 3.21. The van der Waals surface area contributed by atoms with Gasteiger partial charge >= 0.3 is 0 Å². The number of carbonyl (C=O) groups excluding carboxylic acids is 1. The summed E-state index contributed by atoms with van der Waals surface area (Å²) in [5.41, 5.74) is 9.30. The predicted molar refractivity (Wildman–Crippen MR) is 118 cm³/mol. The fraction of sp³-hybridized carbons (Fsp3) is 0.304. The molecule has 30 heavy (non-hydrogen) atoms. The number of anilines is 2. The molecule has 1 aromatic heterocycles. The lowest BCUT2D eigenvalue weighted by Crippen LogP contribution is -2.19. The Labute approximate surface area is 176 Å². The highest BCUT2D eigenvalue weighted by atomic mass is 16.5. The van der Waals surface area contributed by atoms with Crippen molar-refractivity contribution in [2.24, 2.45) is 7.05 Å². The minimum Gasteiger partial charge on any atom is -0.488 e. The second-order valence-electron chi connectivity index (χ2n) is 7.32. The van der Waals surface area contributed by atoms with Crippen molar-refractivity contribution in [3.8, 4) is 5.75 Å². The first kappa shape index (κ1) is 21.4. The molecule has 0 fully saturated rings. The number of amides is 1. The van der Waals surface area contributed by atoms with Gasteiger partial charge in [0, 0.05) is 37.7 Å². The van der Waals surface area contributed by atoms with Gasteiger partial charge in [0.25, 0.3) is 5.91 Å². The normalized spacial score (nSPS) is 11.8.